The Balaban J connectivity index is 1.65. The van der Waals surface area contributed by atoms with E-state index >= 15 is 0 Å². The van der Waals surface area contributed by atoms with Crippen molar-refractivity contribution in [2.45, 2.75) is 6.54 Å². The monoisotopic (exact) mass is 420 g/mol. The van der Waals surface area contributed by atoms with Gasteiger partial charge < -0.3 is 10.3 Å². The molecule has 0 aliphatic heterocycles. The van der Waals surface area contributed by atoms with Crippen LogP contribution >= 0.6 is 0 Å². The van der Waals surface area contributed by atoms with E-state index in [0.29, 0.717) is 17.8 Å². The summed E-state index contributed by atoms with van der Waals surface area (Å²) < 4.78 is 1.95. The lowest BCUT2D eigenvalue weighted by molar-refractivity contribution is 0.101. The molecule has 0 atom stereocenters. The van der Waals surface area contributed by atoms with E-state index in [1.54, 1.807) is 24.5 Å². The Kier molecular flexibility index (Phi) is 4.84. The van der Waals surface area contributed by atoms with Crippen LogP contribution in [-0.2, 0) is 6.54 Å². The summed E-state index contributed by atoms with van der Waals surface area (Å²) in [6.07, 6.45) is 3.15. The molecule has 0 aliphatic carbocycles. The number of nitrogens with zero attached hydrogens (tertiary/aromatic N) is 3. The van der Waals surface area contributed by atoms with Gasteiger partial charge in [0, 0.05) is 35.4 Å². The number of nitrogen functional groups attached to an aromatic ring is 1. The Morgan fingerprint density at radius 3 is 2.53 bits per heavy atom. The summed E-state index contributed by atoms with van der Waals surface area (Å²) in [5.74, 6) is -0.0885. The van der Waals surface area contributed by atoms with Crippen molar-refractivity contribution < 1.29 is 4.79 Å². The highest BCUT2D eigenvalue weighted by molar-refractivity contribution is 6.07. The molecular weight excluding hydrogens is 400 g/mol. The van der Waals surface area contributed by atoms with Gasteiger partial charge in [-0.15, -0.1) is 0 Å². The number of anilines is 1. The van der Waals surface area contributed by atoms with Gasteiger partial charge in [-0.05, 0) is 34.5 Å². The van der Waals surface area contributed by atoms with E-state index in [4.69, 9.17) is 11.1 Å². The molecule has 3 aromatic carbocycles. The van der Waals surface area contributed by atoms with E-state index < -0.39 is 0 Å². The van der Waals surface area contributed by atoms with Crippen LogP contribution in [0.1, 0.15) is 21.6 Å². The van der Waals surface area contributed by atoms with Crippen molar-refractivity contribution in [3.63, 3.8) is 0 Å². The highest BCUT2D eigenvalue weighted by atomic mass is 16.2. The maximum absolute atomic E-state index is 13.2. The molecule has 0 saturated heterocycles. The number of amidine groups is 1. The lowest BCUT2D eigenvalue weighted by Crippen LogP contribution is -2.19. The lowest BCUT2D eigenvalue weighted by atomic mass is 10.0. The molecule has 4 N–H and O–H groups in total. The average molecular weight is 420 g/mol. The third kappa shape index (κ3) is 3.56. The van der Waals surface area contributed by atoms with Crippen LogP contribution in [0.3, 0.4) is 0 Å². The number of carbonyl (C=O) groups is 1. The molecular formula is C25H20N6O. The SMILES string of the molecule is N=C(N)c1ccc2cc(C(=O)Nc3ncccn3)n(Cc3cccc4ccccc34)c2c1. The molecule has 5 rings (SSSR count). The number of hydrogen-bond acceptors (Lipinski definition) is 4. The maximum atomic E-state index is 13.2. The molecule has 0 saturated carbocycles. The zero-order valence-corrected chi connectivity index (χ0v) is 17.1. The van der Waals surface area contributed by atoms with Gasteiger partial charge in [-0.2, -0.15) is 0 Å². The van der Waals surface area contributed by atoms with Gasteiger partial charge in [0.1, 0.15) is 11.5 Å². The molecule has 2 heterocycles. The van der Waals surface area contributed by atoms with Crippen LogP contribution in [0, 0.1) is 5.41 Å². The Morgan fingerprint density at radius 2 is 1.72 bits per heavy atom. The second-order valence-electron chi connectivity index (χ2n) is 7.47. The molecule has 32 heavy (non-hydrogen) atoms. The second kappa shape index (κ2) is 7.96. The largest absolute Gasteiger partial charge is 0.384 e. The standard InChI is InChI=1S/C25H20N6O/c26-23(27)18-10-9-17-13-22(24(32)30-25-28-11-4-12-29-25)31(21(17)14-18)15-19-7-3-6-16-5-1-2-8-20(16)19/h1-14H,15H2,(H3,26,27)(H,28,29,30,32). The molecule has 156 valence electrons. The summed E-state index contributed by atoms with van der Waals surface area (Å²) in [4.78, 5) is 21.4. The van der Waals surface area contributed by atoms with Crippen LogP contribution in [-0.4, -0.2) is 26.3 Å². The van der Waals surface area contributed by atoms with Gasteiger partial charge in [-0.3, -0.25) is 15.5 Å². The van der Waals surface area contributed by atoms with E-state index in [-0.39, 0.29) is 17.7 Å². The van der Waals surface area contributed by atoms with Crippen molar-refractivity contribution in [2.75, 3.05) is 5.32 Å². The van der Waals surface area contributed by atoms with Crippen LogP contribution in [0.4, 0.5) is 5.95 Å². The first kappa shape index (κ1) is 19.4. The minimum Gasteiger partial charge on any atom is -0.384 e. The van der Waals surface area contributed by atoms with Crippen LogP contribution in [0.2, 0.25) is 0 Å². The third-order valence-corrected chi connectivity index (χ3v) is 5.45. The number of rotatable bonds is 5. The molecule has 0 spiro atoms. The van der Waals surface area contributed by atoms with Gasteiger partial charge in [0.25, 0.3) is 5.91 Å². The van der Waals surface area contributed by atoms with Crippen LogP contribution in [0.15, 0.2) is 85.2 Å². The summed E-state index contributed by atoms with van der Waals surface area (Å²) in [6.45, 7) is 0.477. The molecule has 5 aromatic rings. The first-order valence-corrected chi connectivity index (χ1v) is 10.1. The molecule has 7 heteroatoms. The molecule has 0 radical (unpaired) electrons. The number of carbonyl (C=O) groups excluding carboxylic acids is 1. The fourth-order valence-corrected chi connectivity index (χ4v) is 3.91. The fourth-order valence-electron chi connectivity index (χ4n) is 3.91. The minimum atomic E-state index is -0.308. The predicted octanol–water partition coefficient (Wildman–Crippen LogP) is 4.17. The molecule has 0 fully saturated rings. The maximum Gasteiger partial charge on any atom is 0.274 e. The number of aromatic nitrogens is 3. The van der Waals surface area contributed by atoms with Crippen molar-refractivity contribution in [1.82, 2.24) is 14.5 Å². The zero-order valence-electron chi connectivity index (χ0n) is 17.1. The summed E-state index contributed by atoms with van der Waals surface area (Å²) in [5.41, 5.74) is 8.71. The predicted molar refractivity (Wildman–Crippen MR) is 126 cm³/mol. The normalized spacial score (nSPS) is 11.0. The third-order valence-electron chi connectivity index (χ3n) is 5.45. The van der Waals surface area contributed by atoms with E-state index in [0.717, 1.165) is 27.2 Å². The molecule has 1 amide bonds. The molecule has 2 aromatic heterocycles. The van der Waals surface area contributed by atoms with Crippen molar-refractivity contribution >= 4 is 39.4 Å². The topological polar surface area (TPSA) is 110 Å². The summed E-state index contributed by atoms with van der Waals surface area (Å²) in [5, 5.41) is 13.7. The van der Waals surface area contributed by atoms with Gasteiger partial charge >= 0.3 is 0 Å². The number of fused-ring (bicyclic) bond motifs is 2. The van der Waals surface area contributed by atoms with E-state index in [1.165, 1.54) is 0 Å². The van der Waals surface area contributed by atoms with E-state index in [1.807, 2.05) is 41.0 Å². The second-order valence-corrected chi connectivity index (χ2v) is 7.47. The van der Waals surface area contributed by atoms with Crippen LogP contribution in [0.5, 0.6) is 0 Å². The number of amides is 1. The lowest BCUT2D eigenvalue weighted by Gasteiger charge is -2.13. The summed E-state index contributed by atoms with van der Waals surface area (Å²) in [6, 6.07) is 23.3. The number of nitrogens with two attached hydrogens (primary N) is 1. The van der Waals surface area contributed by atoms with Gasteiger partial charge in [0.05, 0.1) is 0 Å². The highest BCUT2D eigenvalue weighted by Crippen LogP contribution is 2.26. The van der Waals surface area contributed by atoms with Crippen molar-refractivity contribution in [2.24, 2.45) is 5.73 Å². The van der Waals surface area contributed by atoms with E-state index in [2.05, 4.69) is 39.6 Å². The van der Waals surface area contributed by atoms with Crippen molar-refractivity contribution in [3.05, 3.63) is 102 Å². The molecule has 7 nitrogen and oxygen atoms in total. The van der Waals surface area contributed by atoms with E-state index in [9.17, 15) is 4.79 Å². The first-order chi connectivity index (χ1) is 15.6. The highest BCUT2D eigenvalue weighted by Gasteiger charge is 2.18. The quantitative estimate of drug-likeness (QED) is 0.293. The van der Waals surface area contributed by atoms with Crippen LogP contribution < -0.4 is 11.1 Å². The molecule has 0 aliphatic rings. The Hall–Kier alpha value is -4.52. The van der Waals surface area contributed by atoms with Crippen LogP contribution in [0.25, 0.3) is 21.7 Å². The zero-order chi connectivity index (χ0) is 22.1. The average Bonchev–Trinajstić information content (AvgIpc) is 3.18. The van der Waals surface area contributed by atoms with Gasteiger partial charge in [0.15, 0.2) is 0 Å². The molecule has 0 unspecified atom stereocenters. The fraction of sp³-hybridized carbons (Fsp3) is 0.0400. The Labute approximate surface area is 184 Å². The smallest absolute Gasteiger partial charge is 0.274 e. The minimum absolute atomic E-state index is 0.0199. The van der Waals surface area contributed by atoms with Crippen molar-refractivity contribution in [1.29, 1.82) is 5.41 Å². The Bertz CT molecular complexity index is 1470. The van der Waals surface area contributed by atoms with Gasteiger partial charge in [-0.1, -0.05) is 54.6 Å². The van der Waals surface area contributed by atoms with Gasteiger partial charge in [0.2, 0.25) is 5.95 Å². The van der Waals surface area contributed by atoms with Crippen molar-refractivity contribution in [3.8, 4) is 0 Å². The number of benzene rings is 3. The first-order valence-electron chi connectivity index (χ1n) is 10.1. The number of hydrogen-bond donors (Lipinski definition) is 3. The molecule has 0 bridgehead atoms. The Morgan fingerprint density at radius 1 is 0.938 bits per heavy atom. The number of nitrogens with one attached hydrogen (secondary N) is 2. The van der Waals surface area contributed by atoms with Gasteiger partial charge in [-0.25, -0.2) is 9.97 Å². The summed E-state index contributed by atoms with van der Waals surface area (Å²) in [7, 11) is 0. The summed E-state index contributed by atoms with van der Waals surface area (Å²) >= 11 is 0.